The summed E-state index contributed by atoms with van der Waals surface area (Å²) in [6, 6.07) is 21.3. The van der Waals surface area contributed by atoms with Gasteiger partial charge in [-0.15, -0.1) is 0 Å². The molecule has 0 spiro atoms. The Bertz CT molecular complexity index is 1410. The third-order valence-electron chi connectivity index (χ3n) is 12.2. The van der Waals surface area contributed by atoms with E-state index < -0.39 is 8.32 Å². The monoisotopic (exact) mass is 1050 g/mol. The Morgan fingerprint density at radius 1 is 0.342 bits per heavy atom. The van der Waals surface area contributed by atoms with Crippen molar-refractivity contribution in [1.82, 2.24) is 0 Å². The molecule has 0 saturated heterocycles. The number of unbranched alkanes of at least 4 members (excludes halogenated alkanes) is 14. The fourth-order valence-corrected chi connectivity index (χ4v) is 12.8. The molecule has 73 heavy (non-hydrogen) atoms. The van der Waals surface area contributed by atoms with Gasteiger partial charge in [0.1, 0.15) is 6.61 Å². The van der Waals surface area contributed by atoms with E-state index in [1.165, 1.54) is 93.8 Å². The van der Waals surface area contributed by atoms with Crippen molar-refractivity contribution in [2.45, 2.75) is 135 Å². The molecule has 0 aliphatic carbocycles. The van der Waals surface area contributed by atoms with Gasteiger partial charge in [-0.05, 0) is 21.8 Å². The Morgan fingerprint density at radius 3 is 0.863 bits per heavy atom. The molecular formula is C58H102O14Si. The Kier molecular flexibility index (Phi) is 45.0. The molecule has 0 radical (unpaired) electrons. The molecule has 15 heteroatoms. The van der Waals surface area contributed by atoms with E-state index in [4.69, 9.17) is 61.3 Å². The Morgan fingerprint density at radius 2 is 0.589 bits per heavy atom. The minimum Gasteiger partial charge on any atom is -0.463 e. The minimum absolute atomic E-state index is 0.0625. The van der Waals surface area contributed by atoms with Gasteiger partial charge in [-0.3, -0.25) is 4.79 Å². The molecule has 0 aromatic heterocycles. The molecule has 0 amide bonds. The number of carbonyl (C=O) groups excluding carboxylic acids is 1. The number of carbonyl (C=O) groups is 1. The number of esters is 1. The molecule has 0 unspecified atom stereocenters. The van der Waals surface area contributed by atoms with Crippen LogP contribution in [-0.4, -0.2) is 173 Å². The van der Waals surface area contributed by atoms with E-state index in [2.05, 4.69) is 88.4 Å². The summed E-state index contributed by atoms with van der Waals surface area (Å²) in [6.07, 6.45) is 20.2. The van der Waals surface area contributed by atoms with Crippen LogP contribution >= 0.6 is 0 Å². The van der Waals surface area contributed by atoms with Gasteiger partial charge >= 0.3 is 5.97 Å². The number of hydrogen-bond acceptors (Lipinski definition) is 14. The molecule has 0 N–H and O–H groups in total. The normalized spacial score (nSPS) is 12.0. The van der Waals surface area contributed by atoms with E-state index in [0.717, 1.165) is 12.8 Å². The van der Waals surface area contributed by atoms with E-state index in [0.29, 0.717) is 158 Å². The van der Waals surface area contributed by atoms with Crippen molar-refractivity contribution in [3.05, 3.63) is 60.7 Å². The third-order valence-corrected chi connectivity index (χ3v) is 17.2. The molecule has 422 valence electrons. The number of rotatable bonds is 55. The van der Waals surface area contributed by atoms with Crippen molar-refractivity contribution in [2.24, 2.45) is 0 Å². The second kappa shape index (κ2) is 49.2. The summed E-state index contributed by atoms with van der Waals surface area (Å²) in [6.45, 7) is 20.6. The highest BCUT2D eigenvalue weighted by atomic mass is 28.4. The van der Waals surface area contributed by atoms with Crippen LogP contribution in [0.15, 0.2) is 60.7 Å². The molecule has 0 fully saturated rings. The predicted molar refractivity (Wildman–Crippen MR) is 293 cm³/mol. The molecule has 0 bridgehead atoms. The lowest BCUT2D eigenvalue weighted by molar-refractivity contribution is -0.145. The largest absolute Gasteiger partial charge is 0.463 e. The van der Waals surface area contributed by atoms with Crippen LogP contribution in [0.3, 0.4) is 0 Å². The summed E-state index contributed by atoms with van der Waals surface area (Å²) in [5.74, 6) is -0.132. The van der Waals surface area contributed by atoms with Crippen LogP contribution in [-0.2, 0) is 66.1 Å². The van der Waals surface area contributed by atoms with Gasteiger partial charge in [0.25, 0.3) is 8.32 Å². The SMILES string of the molecule is CCCCCCCCCCCCCCCCCC(=O)OCCOCCOCCOCCOCCOCCOCCOCCOCCOCCOCCOCCO[Si](c1ccccc1)(c1ccccc1)C(C)(C)C. The Labute approximate surface area is 443 Å². The van der Waals surface area contributed by atoms with Crippen molar-refractivity contribution < 1.29 is 66.1 Å². The van der Waals surface area contributed by atoms with Crippen molar-refractivity contribution in [3.63, 3.8) is 0 Å². The average Bonchev–Trinajstić information content (AvgIpc) is 3.39. The summed E-state index contributed by atoms with van der Waals surface area (Å²) in [5.41, 5.74) is 0. The van der Waals surface area contributed by atoms with Crippen molar-refractivity contribution in [1.29, 1.82) is 0 Å². The first-order valence-corrected chi connectivity index (χ1v) is 30.1. The van der Waals surface area contributed by atoms with Crippen LogP contribution in [0.2, 0.25) is 5.04 Å². The van der Waals surface area contributed by atoms with Crippen molar-refractivity contribution >= 4 is 24.7 Å². The first kappa shape index (κ1) is 66.8. The summed E-state index contributed by atoms with van der Waals surface area (Å²) in [7, 11) is -2.55. The predicted octanol–water partition coefficient (Wildman–Crippen LogP) is 9.55. The summed E-state index contributed by atoms with van der Waals surface area (Å²) in [4.78, 5) is 12.0. The van der Waals surface area contributed by atoms with E-state index in [-0.39, 0.29) is 17.6 Å². The molecule has 0 atom stereocenters. The lowest BCUT2D eigenvalue weighted by atomic mass is 10.0. The molecule has 0 heterocycles. The highest BCUT2D eigenvalue weighted by molar-refractivity contribution is 6.99. The van der Waals surface area contributed by atoms with Crippen LogP contribution in [0.1, 0.15) is 130 Å². The molecule has 14 nitrogen and oxygen atoms in total. The van der Waals surface area contributed by atoms with Crippen LogP contribution < -0.4 is 10.4 Å². The quantitative estimate of drug-likeness (QED) is 0.0353. The number of ether oxygens (including phenoxy) is 12. The standard InChI is InChI=1S/C58H102O14Si/c1-5-6-7-8-9-10-11-12-13-14-15-16-17-18-25-30-57(59)71-53-51-69-49-47-67-45-43-65-41-39-63-37-35-61-33-31-60-32-34-62-36-38-64-40-42-66-44-46-68-48-50-70-52-54-72-73(58(2,3)4,55-26-21-19-22-27-55)56-28-23-20-24-29-56/h19-24,26-29H,5-18,25,30-54H2,1-4H3. The molecule has 2 rings (SSSR count). The topological polar surface area (TPSA) is 137 Å². The van der Waals surface area contributed by atoms with Gasteiger partial charge in [-0.25, -0.2) is 0 Å². The average molecular weight is 1050 g/mol. The second-order valence-corrected chi connectivity index (χ2v) is 23.5. The number of hydrogen-bond donors (Lipinski definition) is 0. The third kappa shape index (κ3) is 37.1. The highest BCUT2D eigenvalue weighted by Gasteiger charge is 2.50. The van der Waals surface area contributed by atoms with E-state index in [9.17, 15) is 4.79 Å². The lowest BCUT2D eigenvalue weighted by Crippen LogP contribution is -2.66. The zero-order valence-corrected chi connectivity index (χ0v) is 47.3. The smallest absolute Gasteiger partial charge is 0.305 e. The van der Waals surface area contributed by atoms with Gasteiger partial charge in [-0.2, -0.15) is 0 Å². The number of benzene rings is 2. The molecule has 2 aromatic rings. The van der Waals surface area contributed by atoms with Gasteiger partial charge in [0.05, 0.1) is 152 Å². The molecule has 0 aliphatic heterocycles. The van der Waals surface area contributed by atoms with Crippen molar-refractivity contribution in [2.75, 3.05) is 159 Å². The first-order valence-electron chi connectivity index (χ1n) is 28.2. The zero-order chi connectivity index (χ0) is 52.3. The van der Waals surface area contributed by atoms with Crippen LogP contribution in [0.5, 0.6) is 0 Å². The summed E-state index contributed by atoms with van der Waals surface area (Å²) in [5, 5.41) is 2.47. The van der Waals surface area contributed by atoms with Crippen LogP contribution in [0.25, 0.3) is 0 Å². The van der Waals surface area contributed by atoms with E-state index in [1.54, 1.807) is 0 Å². The Hall–Kier alpha value is -2.35. The van der Waals surface area contributed by atoms with Crippen LogP contribution in [0.4, 0.5) is 0 Å². The van der Waals surface area contributed by atoms with Gasteiger partial charge in [0, 0.05) is 6.42 Å². The van der Waals surface area contributed by atoms with Gasteiger partial charge in [-0.1, -0.05) is 178 Å². The maximum atomic E-state index is 12.0. The fourth-order valence-electron chi connectivity index (χ4n) is 8.24. The summed E-state index contributed by atoms with van der Waals surface area (Å²) < 4.78 is 73.6. The van der Waals surface area contributed by atoms with Gasteiger partial charge in [0.2, 0.25) is 0 Å². The highest BCUT2D eigenvalue weighted by Crippen LogP contribution is 2.36. The molecule has 0 aliphatic rings. The Balaban J connectivity index is 1.20. The molecule has 0 saturated carbocycles. The fraction of sp³-hybridized carbons (Fsp3) is 0.776. The maximum Gasteiger partial charge on any atom is 0.305 e. The van der Waals surface area contributed by atoms with Gasteiger partial charge < -0.3 is 61.3 Å². The second-order valence-electron chi connectivity index (χ2n) is 19.2. The zero-order valence-electron chi connectivity index (χ0n) is 46.3. The van der Waals surface area contributed by atoms with Crippen LogP contribution in [0, 0.1) is 0 Å². The minimum atomic E-state index is -2.55. The van der Waals surface area contributed by atoms with Gasteiger partial charge in [0.15, 0.2) is 0 Å². The van der Waals surface area contributed by atoms with Crippen molar-refractivity contribution in [3.8, 4) is 0 Å². The summed E-state index contributed by atoms with van der Waals surface area (Å²) >= 11 is 0. The first-order chi connectivity index (χ1) is 35.9. The van der Waals surface area contributed by atoms with E-state index in [1.807, 2.05) is 0 Å². The maximum absolute atomic E-state index is 12.0. The molecular weight excluding hydrogens is 949 g/mol. The lowest BCUT2D eigenvalue weighted by Gasteiger charge is -2.43. The molecule has 2 aromatic carbocycles. The van der Waals surface area contributed by atoms with E-state index >= 15 is 0 Å².